The predicted molar refractivity (Wildman–Crippen MR) is 109 cm³/mol. The molecule has 0 aliphatic heterocycles. The number of hydrogen-bond acceptors (Lipinski definition) is 4. The predicted octanol–water partition coefficient (Wildman–Crippen LogP) is 4.43. The van der Waals surface area contributed by atoms with E-state index in [-0.39, 0.29) is 15.8 Å². The summed E-state index contributed by atoms with van der Waals surface area (Å²) < 4.78 is 38.5. The number of thiocarbonyl (C=S) groups is 1. The first-order valence-electron chi connectivity index (χ1n) is 8.79. The van der Waals surface area contributed by atoms with Crippen LogP contribution < -0.4 is 15.8 Å². The minimum atomic E-state index is -4.37. The van der Waals surface area contributed by atoms with Gasteiger partial charge in [0.15, 0.2) is 10.9 Å². The van der Waals surface area contributed by atoms with Crippen molar-refractivity contribution in [3.63, 3.8) is 0 Å². The molecule has 6 nitrogen and oxygen atoms in total. The number of nitrogens with one attached hydrogen (secondary N) is 1. The van der Waals surface area contributed by atoms with Crippen LogP contribution in [-0.4, -0.2) is 18.1 Å². The lowest BCUT2D eigenvalue weighted by Crippen LogP contribution is -2.19. The summed E-state index contributed by atoms with van der Waals surface area (Å²) in [4.78, 5) is -0.263. The van der Waals surface area contributed by atoms with Gasteiger partial charge in [-0.05, 0) is 54.7 Å². The van der Waals surface area contributed by atoms with Gasteiger partial charge in [0.2, 0.25) is 0 Å². The Morgan fingerprint density at radius 3 is 2.48 bits per heavy atom. The fraction of sp³-hybridized carbons (Fsp3) is 0.316. The van der Waals surface area contributed by atoms with Crippen LogP contribution in [0.5, 0.6) is 11.5 Å². The van der Waals surface area contributed by atoms with Crippen molar-refractivity contribution < 1.29 is 17.7 Å². The third kappa shape index (κ3) is 4.97. The van der Waals surface area contributed by atoms with Crippen LogP contribution >= 0.6 is 12.2 Å². The third-order valence-corrected chi connectivity index (χ3v) is 5.64. The normalized spacial score (nSPS) is 15.3. The van der Waals surface area contributed by atoms with E-state index in [4.69, 9.17) is 22.7 Å². The number of nitrogens with two attached hydrogens (primary N) is 1. The van der Waals surface area contributed by atoms with Crippen molar-refractivity contribution in [1.82, 2.24) is 0 Å². The molecule has 2 aromatic rings. The SMILES string of the molecule is NC(=S)Nc1ccc(S(=O)(=O)O)cc1Oc1ccccc1C1CCCCC1. The van der Waals surface area contributed by atoms with Crippen molar-refractivity contribution in [3.8, 4) is 11.5 Å². The smallest absolute Gasteiger partial charge is 0.294 e. The molecule has 0 amide bonds. The lowest BCUT2D eigenvalue weighted by molar-refractivity contribution is 0.419. The van der Waals surface area contributed by atoms with Crippen LogP contribution in [0.4, 0.5) is 5.69 Å². The van der Waals surface area contributed by atoms with Gasteiger partial charge in [-0.1, -0.05) is 37.5 Å². The monoisotopic (exact) mass is 406 g/mol. The fourth-order valence-electron chi connectivity index (χ4n) is 3.43. The Morgan fingerprint density at radius 2 is 1.81 bits per heavy atom. The number of rotatable bonds is 5. The molecule has 3 rings (SSSR count). The van der Waals surface area contributed by atoms with Gasteiger partial charge in [0.25, 0.3) is 10.1 Å². The Kier molecular flexibility index (Phi) is 5.98. The summed E-state index contributed by atoms with van der Waals surface area (Å²) in [5.74, 6) is 1.29. The molecule has 8 heteroatoms. The van der Waals surface area contributed by atoms with Crippen LogP contribution in [-0.2, 0) is 10.1 Å². The average molecular weight is 407 g/mol. The fourth-order valence-corrected chi connectivity index (χ4v) is 4.03. The van der Waals surface area contributed by atoms with E-state index in [0.29, 0.717) is 17.4 Å². The van der Waals surface area contributed by atoms with Crippen LogP contribution in [0, 0.1) is 0 Å². The first-order chi connectivity index (χ1) is 12.8. The Morgan fingerprint density at radius 1 is 1.11 bits per heavy atom. The molecule has 2 aromatic carbocycles. The van der Waals surface area contributed by atoms with Crippen molar-refractivity contribution in [2.45, 2.75) is 42.9 Å². The molecule has 144 valence electrons. The van der Waals surface area contributed by atoms with E-state index >= 15 is 0 Å². The molecule has 0 saturated heterocycles. The molecule has 0 atom stereocenters. The van der Waals surface area contributed by atoms with Crippen molar-refractivity contribution >= 4 is 33.1 Å². The molecule has 0 heterocycles. The quantitative estimate of drug-likeness (QED) is 0.499. The number of hydrogen-bond donors (Lipinski definition) is 3. The minimum Gasteiger partial charge on any atom is -0.455 e. The number of benzene rings is 2. The highest BCUT2D eigenvalue weighted by Gasteiger charge is 2.21. The summed E-state index contributed by atoms with van der Waals surface area (Å²) >= 11 is 4.88. The second kappa shape index (κ2) is 8.24. The summed E-state index contributed by atoms with van der Waals surface area (Å²) in [5.41, 5.74) is 7.07. The largest absolute Gasteiger partial charge is 0.455 e. The number of ether oxygens (including phenoxy) is 1. The topological polar surface area (TPSA) is 102 Å². The molecule has 0 unspecified atom stereocenters. The molecule has 0 aromatic heterocycles. The highest BCUT2D eigenvalue weighted by Crippen LogP contribution is 2.40. The molecule has 1 aliphatic rings. The zero-order chi connectivity index (χ0) is 19.4. The van der Waals surface area contributed by atoms with Gasteiger partial charge in [0.1, 0.15) is 5.75 Å². The second-order valence-electron chi connectivity index (χ2n) is 6.60. The lowest BCUT2D eigenvalue weighted by atomic mass is 9.84. The lowest BCUT2D eigenvalue weighted by Gasteiger charge is -2.24. The van der Waals surface area contributed by atoms with Gasteiger partial charge in [-0.25, -0.2) is 0 Å². The van der Waals surface area contributed by atoms with Crippen molar-refractivity contribution in [2.75, 3.05) is 5.32 Å². The number of para-hydroxylation sites is 1. The molecule has 0 bridgehead atoms. The standard InChI is InChI=1S/C19H22N2O4S2/c20-19(26)21-16-11-10-14(27(22,23)24)12-18(16)25-17-9-5-4-8-15(17)13-6-2-1-3-7-13/h4-5,8-13H,1-3,6-7H2,(H3,20,21,26)(H,22,23,24). The Balaban J connectivity index is 2.00. The summed E-state index contributed by atoms with van der Waals surface area (Å²) in [6.45, 7) is 0. The van der Waals surface area contributed by atoms with Crippen molar-refractivity contribution in [2.24, 2.45) is 5.73 Å². The van der Waals surface area contributed by atoms with E-state index < -0.39 is 10.1 Å². The second-order valence-corrected chi connectivity index (χ2v) is 8.46. The zero-order valence-electron chi connectivity index (χ0n) is 14.7. The van der Waals surface area contributed by atoms with Crippen LogP contribution in [0.3, 0.4) is 0 Å². The molecule has 1 aliphatic carbocycles. The highest BCUT2D eigenvalue weighted by atomic mass is 32.2. The Bertz CT molecular complexity index is 938. The Hall–Kier alpha value is -2.16. The zero-order valence-corrected chi connectivity index (χ0v) is 16.4. The molecule has 1 fully saturated rings. The minimum absolute atomic E-state index is 0.0278. The van der Waals surface area contributed by atoms with Crippen LogP contribution in [0.25, 0.3) is 0 Å². The Labute approximate surface area is 164 Å². The van der Waals surface area contributed by atoms with E-state index in [1.54, 1.807) is 0 Å². The van der Waals surface area contributed by atoms with Gasteiger partial charge < -0.3 is 15.8 Å². The van der Waals surface area contributed by atoms with Crippen molar-refractivity contribution in [1.29, 1.82) is 0 Å². The van der Waals surface area contributed by atoms with Gasteiger partial charge in [-0.3, -0.25) is 4.55 Å². The van der Waals surface area contributed by atoms with E-state index in [0.717, 1.165) is 18.4 Å². The molecule has 27 heavy (non-hydrogen) atoms. The van der Waals surface area contributed by atoms with Crippen LogP contribution in [0.1, 0.15) is 43.6 Å². The van der Waals surface area contributed by atoms with Crippen LogP contribution in [0.15, 0.2) is 47.4 Å². The van der Waals surface area contributed by atoms with Gasteiger partial charge >= 0.3 is 0 Å². The van der Waals surface area contributed by atoms with Gasteiger partial charge in [0, 0.05) is 6.07 Å². The van der Waals surface area contributed by atoms with Crippen molar-refractivity contribution in [3.05, 3.63) is 48.0 Å². The van der Waals surface area contributed by atoms with Gasteiger partial charge in [0.05, 0.1) is 10.6 Å². The third-order valence-electron chi connectivity index (χ3n) is 4.69. The van der Waals surface area contributed by atoms with E-state index in [2.05, 4.69) is 5.32 Å². The van der Waals surface area contributed by atoms with E-state index in [1.807, 2.05) is 24.3 Å². The first kappa shape index (κ1) is 19.6. The van der Waals surface area contributed by atoms with E-state index in [1.165, 1.54) is 37.5 Å². The number of anilines is 1. The maximum absolute atomic E-state index is 11.5. The summed E-state index contributed by atoms with van der Waals surface area (Å²) in [7, 11) is -4.37. The maximum Gasteiger partial charge on any atom is 0.294 e. The summed E-state index contributed by atoms with van der Waals surface area (Å²) in [6.07, 6.45) is 5.82. The summed E-state index contributed by atoms with van der Waals surface area (Å²) in [5, 5.41) is 2.81. The van der Waals surface area contributed by atoms with Crippen LogP contribution in [0.2, 0.25) is 0 Å². The molecule has 0 radical (unpaired) electrons. The molecular formula is C19H22N2O4S2. The first-order valence-corrected chi connectivity index (χ1v) is 10.6. The maximum atomic E-state index is 11.5. The summed E-state index contributed by atoms with van der Waals surface area (Å²) in [6, 6.07) is 11.7. The molecular weight excluding hydrogens is 384 g/mol. The van der Waals surface area contributed by atoms with E-state index in [9.17, 15) is 13.0 Å². The molecule has 4 N–H and O–H groups in total. The van der Waals surface area contributed by atoms with Gasteiger partial charge in [-0.2, -0.15) is 8.42 Å². The average Bonchev–Trinajstić information content (AvgIpc) is 2.63. The molecule has 0 spiro atoms. The highest BCUT2D eigenvalue weighted by molar-refractivity contribution is 7.85. The van der Waals surface area contributed by atoms with Gasteiger partial charge in [-0.15, -0.1) is 0 Å². The molecule has 1 saturated carbocycles.